The minimum atomic E-state index is -0.668. The van der Waals surface area contributed by atoms with Crippen LogP contribution >= 0.6 is 0 Å². The third kappa shape index (κ3) is 14.1. The summed E-state index contributed by atoms with van der Waals surface area (Å²) in [6.07, 6.45) is 6.54. The number of aliphatic hydroxyl groups is 3. The molecule has 128 valence electrons. The van der Waals surface area contributed by atoms with Gasteiger partial charge >= 0.3 is 5.97 Å². The van der Waals surface area contributed by atoms with Crippen molar-refractivity contribution in [2.45, 2.75) is 65.7 Å². The van der Waals surface area contributed by atoms with Crippen LogP contribution in [0.5, 0.6) is 0 Å². The first-order valence-corrected chi connectivity index (χ1v) is 7.91. The van der Waals surface area contributed by atoms with E-state index in [-0.39, 0.29) is 19.8 Å². The van der Waals surface area contributed by atoms with E-state index < -0.39 is 11.4 Å². The number of carboxylic acids is 1. The minimum Gasteiger partial charge on any atom is -0.481 e. The van der Waals surface area contributed by atoms with Crippen LogP contribution in [0.2, 0.25) is 0 Å². The van der Waals surface area contributed by atoms with E-state index in [2.05, 4.69) is 13.8 Å². The Hall–Kier alpha value is -0.650. The predicted octanol–water partition coefficient (Wildman–Crippen LogP) is 2.43. The summed E-state index contributed by atoms with van der Waals surface area (Å²) in [4.78, 5) is 10.1. The quantitative estimate of drug-likeness (QED) is 0.439. The second-order valence-corrected chi connectivity index (χ2v) is 6.07. The number of carboxylic acid groups (broad SMARTS) is 1. The van der Waals surface area contributed by atoms with Crippen LogP contribution in [0.25, 0.3) is 0 Å². The Morgan fingerprint density at radius 2 is 1.43 bits per heavy atom. The molecular formula is C16H34O5. The number of aliphatic carboxylic acids is 1. The van der Waals surface area contributed by atoms with Crippen LogP contribution in [0.1, 0.15) is 65.7 Å². The number of unbranched alkanes of at least 4 members (excludes halogenated alkanes) is 3. The Morgan fingerprint density at radius 1 is 0.952 bits per heavy atom. The van der Waals surface area contributed by atoms with E-state index in [9.17, 15) is 4.79 Å². The molecule has 0 aromatic carbocycles. The van der Waals surface area contributed by atoms with Crippen molar-refractivity contribution in [3.63, 3.8) is 0 Å². The van der Waals surface area contributed by atoms with E-state index in [0.717, 1.165) is 18.8 Å². The van der Waals surface area contributed by atoms with Crippen LogP contribution < -0.4 is 0 Å². The minimum absolute atomic E-state index is 0.156. The molecule has 0 saturated carbocycles. The molecule has 0 aliphatic carbocycles. The normalized spacial score (nSPS) is 11.2. The first-order valence-electron chi connectivity index (χ1n) is 7.91. The highest BCUT2D eigenvalue weighted by Crippen LogP contribution is 2.18. The SMILES string of the molecule is CC(C)CCCCCCC(=O)O.CCC(CO)(CO)CO. The number of hydrogen-bond donors (Lipinski definition) is 4. The van der Waals surface area contributed by atoms with Crippen molar-refractivity contribution in [1.29, 1.82) is 0 Å². The molecule has 0 heterocycles. The topological polar surface area (TPSA) is 98.0 Å². The first kappa shape index (κ1) is 22.6. The first-order chi connectivity index (χ1) is 9.87. The van der Waals surface area contributed by atoms with Crippen molar-refractivity contribution in [1.82, 2.24) is 0 Å². The smallest absolute Gasteiger partial charge is 0.303 e. The van der Waals surface area contributed by atoms with Gasteiger partial charge in [0.1, 0.15) is 0 Å². The van der Waals surface area contributed by atoms with Gasteiger partial charge in [-0.3, -0.25) is 4.79 Å². The molecule has 4 N–H and O–H groups in total. The molecule has 0 amide bonds. The monoisotopic (exact) mass is 306 g/mol. The maximum Gasteiger partial charge on any atom is 0.303 e. The van der Waals surface area contributed by atoms with Crippen LogP contribution in [-0.2, 0) is 4.79 Å². The summed E-state index contributed by atoms with van der Waals surface area (Å²) in [6.45, 7) is 5.79. The molecule has 0 bridgehead atoms. The van der Waals surface area contributed by atoms with Gasteiger partial charge in [-0.1, -0.05) is 46.5 Å². The number of aliphatic hydroxyl groups excluding tert-OH is 3. The average Bonchev–Trinajstić information content (AvgIpc) is 2.46. The Labute approximate surface area is 129 Å². The summed E-state index contributed by atoms with van der Waals surface area (Å²) >= 11 is 0. The fraction of sp³-hybridized carbons (Fsp3) is 0.938. The molecule has 0 fully saturated rings. The fourth-order valence-corrected chi connectivity index (χ4v) is 1.67. The third-order valence-corrected chi connectivity index (χ3v) is 3.68. The summed E-state index contributed by atoms with van der Waals surface area (Å²) in [5.41, 5.74) is -0.667. The predicted molar refractivity (Wildman–Crippen MR) is 84.2 cm³/mol. The lowest BCUT2D eigenvalue weighted by Gasteiger charge is -2.24. The van der Waals surface area contributed by atoms with Crippen molar-refractivity contribution in [2.24, 2.45) is 11.3 Å². The summed E-state index contributed by atoms with van der Waals surface area (Å²) < 4.78 is 0. The zero-order valence-corrected chi connectivity index (χ0v) is 13.8. The fourth-order valence-electron chi connectivity index (χ4n) is 1.67. The molecule has 0 rings (SSSR count). The van der Waals surface area contributed by atoms with Gasteiger partial charge in [0.05, 0.1) is 19.8 Å². The van der Waals surface area contributed by atoms with Crippen molar-refractivity contribution in [2.75, 3.05) is 19.8 Å². The van der Waals surface area contributed by atoms with E-state index in [0.29, 0.717) is 12.8 Å². The van der Waals surface area contributed by atoms with Crippen LogP contribution in [-0.4, -0.2) is 46.2 Å². The average molecular weight is 306 g/mol. The lowest BCUT2D eigenvalue weighted by Crippen LogP contribution is -2.32. The number of hydrogen-bond acceptors (Lipinski definition) is 4. The highest BCUT2D eigenvalue weighted by Gasteiger charge is 2.24. The maximum absolute atomic E-state index is 10.1. The van der Waals surface area contributed by atoms with Gasteiger partial charge in [-0.05, 0) is 18.8 Å². The van der Waals surface area contributed by atoms with Crippen LogP contribution in [0.4, 0.5) is 0 Å². The van der Waals surface area contributed by atoms with Gasteiger partial charge in [-0.2, -0.15) is 0 Å². The Bertz CT molecular complexity index is 219. The Kier molecular flexibility index (Phi) is 15.4. The summed E-state index contributed by atoms with van der Waals surface area (Å²) in [7, 11) is 0. The summed E-state index contributed by atoms with van der Waals surface area (Å²) in [6, 6.07) is 0. The highest BCUT2D eigenvalue weighted by molar-refractivity contribution is 5.66. The molecule has 5 heteroatoms. The van der Waals surface area contributed by atoms with Crippen molar-refractivity contribution >= 4 is 5.97 Å². The van der Waals surface area contributed by atoms with Gasteiger partial charge < -0.3 is 20.4 Å². The molecule has 0 aromatic rings. The van der Waals surface area contributed by atoms with Crippen molar-refractivity contribution < 1.29 is 25.2 Å². The molecule has 0 saturated heterocycles. The molecule has 0 spiro atoms. The second kappa shape index (κ2) is 14.3. The lowest BCUT2D eigenvalue weighted by molar-refractivity contribution is -0.137. The van der Waals surface area contributed by atoms with Crippen molar-refractivity contribution in [3.05, 3.63) is 0 Å². The van der Waals surface area contributed by atoms with Gasteiger partial charge in [-0.25, -0.2) is 0 Å². The maximum atomic E-state index is 10.1. The molecule has 21 heavy (non-hydrogen) atoms. The summed E-state index contributed by atoms with van der Waals surface area (Å²) in [5.74, 6) is 0.114. The highest BCUT2D eigenvalue weighted by atomic mass is 16.4. The molecule has 5 nitrogen and oxygen atoms in total. The van der Waals surface area contributed by atoms with Crippen LogP contribution in [0, 0.1) is 11.3 Å². The van der Waals surface area contributed by atoms with Gasteiger partial charge in [0.15, 0.2) is 0 Å². The van der Waals surface area contributed by atoms with Crippen LogP contribution in [0.15, 0.2) is 0 Å². The molecule has 0 unspecified atom stereocenters. The lowest BCUT2D eigenvalue weighted by atomic mass is 9.88. The molecule has 0 aliphatic rings. The van der Waals surface area contributed by atoms with E-state index in [1.54, 1.807) is 0 Å². The number of carbonyl (C=O) groups is 1. The zero-order valence-electron chi connectivity index (χ0n) is 13.8. The van der Waals surface area contributed by atoms with Gasteiger partial charge in [0.2, 0.25) is 0 Å². The molecular weight excluding hydrogens is 272 g/mol. The summed E-state index contributed by atoms with van der Waals surface area (Å²) in [5, 5.41) is 34.3. The Balaban J connectivity index is 0. The van der Waals surface area contributed by atoms with Crippen molar-refractivity contribution in [3.8, 4) is 0 Å². The largest absolute Gasteiger partial charge is 0.481 e. The number of rotatable bonds is 11. The Morgan fingerprint density at radius 3 is 1.71 bits per heavy atom. The van der Waals surface area contributed by atoms with Gasteiger partial charge in [0.25, 0.3) is 0 Å². The van der Waals surface area contributed by atoms with E-state index >= 15 is 0 Å². The zero-order chi connectivity index (χ0) is 16.7. The van der Waals surface area contributed by atoms with E-state index in [1.165, 1.54) is 19.3 Å². The molecule has 0 radical (unpaired) electrons. The third-order valence-electron chi connectivity index (χ3n) is 3.68. The second-order valence-electron chi connectivity index (χ2n) is 6.07. The van der Waals surface area contributed by atoms with E-state index in [4.69, 9.17) is 20.4 Å². The molecule has 0 atom stereocenters. The molecule has 0 aliphatic heterocycles. The molecule has 0 aromatic heterocycles. The van der Waals surface area contributed by atoms with E-state index in [1.807, 2.05) is 6.92 Å². The van der Waals surface area contributed by atoms with Gasteiger partial charge in [-0.15, -0.1) is 0 Å². The van der Waals surface area contributed by atoms with Gasteiger partial charge in [0, 0.05) is 11.8 Å². The van der Waals surface area contributed by atoms with Crippen LogP contribution in [0.3, 0.4) is 0 Å². The standard InChI is InChI=1S/C10H20O2.C6H14O3/c1-9(2)7-5-3-4-6-8-10(11)12;1-2-6(3-7,4-8)5-9/h9H,3-8H2,1-2H3,(H,11,12);7-9H,2-5H2,1H3.